The molecule has 0 bridgehead atoms. The third-order valence-corrected chi connectivity index (χ3v) is 4.21. The Morgan fingerprint density at radius 1 is 1.26 bits per heavy atom. The minimum Gasteiger partial charge on any atom is -0.354 e. The Hall–Kier alpha value is -3.17. The number of nitrogens with zero attached hydrogens (tertiary/aromatic N) is 3. The minimum absolute atomic E-state index is 0.0266. The van der Waals surface area contributed by atoms with Gasteiger partial charge in [0.05, 0.1) is 11.6 Å². The molecule has 2 N–H and O–H groups in total. The van der Waals surface area contributed by atoms with Gasteiger partial charge in [-0.2, -0.15) is 18.3 Å². The van der Waals surface area contributed by atoms with E-state index in [1.54, 1.807) is 13.8 Å². The molecule has 1 amide bonds. The zero-order valence-corrected chi connectivity index (χ0v) is 14.7. The molecule has 10 heteroatoms. The summed E-state index contributed by atoms with van der Waals surface area (Å²) in [4.78, 5) is 31.2. The van der Waals surface area contributed by atoms with Crippen molar-refractivity contribution < 1.29 is 18.0 Å². The predicted molar refractivity (Wildman–Crippen MR) is 91.5 cm³/mol. The Balaban J connectivity index is 2.16. The summed E-state index contributed by atoms with van der Waals surface area (Å²) in [7, 11) is 1.41. The van der Waals surface area contributed by atoms with Crippen LogP contribution in [0.15, 0.2) is 29.1 Å². The first-order valence-electron chi connectivity index (χ1n) is 8.02. The number of carbonyl (C=O) groups is 1. The molecule has 0 unspecified atom stereocenters. The number of aromatic amines is 1. The van der Waals surface area contributed by atoms with E-state index in [-0.39, 0.29) is 16.7 Å². The van der Waals surface area contributed by atoms with Crippen LogP contribution in [0.5, 0.6) is 0 Å². The van der Waals surface area contributed by atoms with Crippen LogP contribution in [0.2, 0.25) is 0 Å². The second-order valence-electron chi connectivity index (χ2n) is 6.02. The Bertz CT molecular complexity index is 1070. The van der Waals surface area contributed by atoms with Gasteiger partial charge in [-0.25, -0.2) is 9.67 Å². The molecule has 2 heterocycles. The fourth-order valence-corrected chi connectivity index (χ4v) is 2.79. The molecule has 0 aliphatic rings. The van der Waals surface area contributed by atoms with Crippen LogP contribution >= 0.6 is 0 Å². The van der Waals surface area contributed by atoms with Gasteiger partial charge in [-0.15, -0.1) is 0 Å². The van der Waals surface area contributed by atoms with E-state index in [1.807, 2.05) is 0 Å². The molecule has 0 aliphatic carbocycles. The molecule has 0 spiro atoms. The van der Waals surface area contributed by atoms with Gasteiger partial charge in [-0.3, -0.25) is 9.59 Å². The molecule has 0 fully saturated rings. The third kappa shape index (κ3) is 3.29. The van der Waals surface area contributed by atoms with Gasteiger partial charge in [0, 0.05) is 7.05 Å². The number of aromatic nitrogens is 4. The summed E-state index contributed by atoms with van der Waals surface area (Å²) >= 11 is 0. The first-order valence-corrected chi connectivity index (χ1v) is 8.02. The van der Waals surface area contributed by atoms with Crippen molar-refractivity contribution in [1.29, 1.82) is 0 Å². The first-order chi connectivity index (χ1) is 12.6. The van der Waals surface area contributed by atoms with Gasteiger partial charge in [-0.1, -0.05) is 12.1 Å². The summed E-state index contributed by atoms with van der Waals surface area (Å²) in [5.74, 6) is -0.230. The summed E-state index contributed by atoms with van der Waals surface area (Å²) in [6.45, 7) is 3.28. The van der Waals surface area contributed by atoms with Crippen molar-refractivity contribution in [2.24, 2.45) is 0 Å². The Morgan fingerprint density at radius 2 is 1.89 bits per heavy atom. The van der Waals surface area contributed by atoms with E-state index in [0.717, 1.165) is 12.1 Å². The highest BCUT2D eigenvalue weighted by Gasteiger charge is 2.30. The number of alkyl halides is 3. The molecule has 2 aromatic heterocycles. The highest BCUT2D eigenvalue weighted by atomic mass is 19.4. The van der Waals surface area contributed by atoms with Gasteiger partial charge in [0.15, 0.2) is 11.3 Å². The van der Waals surface area contributed by atoms with Crippen LogP contribution in [-0.2, 0) is 6.18 Å². The minimum atomic E-state index is -4.43. The molecule has 0 radical (unpaired) electrons. The molecular formula is C17H16F3N5O2. The molecule has 1 aromatic carbocycles. The van der Waals surface area contributed by atoms with Gasteiger partial charge in [0.1, 0.15) is 11.2 Å². The number of halogens is 3. The molecule has 1 atom stereocenters. The molecule has 142 valence electrons. The average Bonchev–Trinajstić information content (AvgIpc) is 2.99. The number of H-pyrrole nitrogens is 1. The molecule has 3 rings (SSSR count). The smallest absolute Gasteiger partial charge is 0.354 e. The quantitative estimate of drug-likeness (QED) is 0.731. The van der Waals surface area contributed by atoms with E-state index in [1.165, 1.54) is 23.9 Å². The van der Waals surface area contributed by atoms with Crippen LogP contribution in [-0.4, -0.2) is 32.7 Å². The van der Waals surface area contributed by atoms with E-state index in [9.17, 15) is 22.8 Å². The second-order valence-corrected chi connectivity index (χ2v) is 6.02. The normalized spacial score (nSPS) is 13.0. The summed E-state index contributed by atoms with van der Waals surface area (Å²) < 4.78 is 39.7. The van der Waals surface area contributed by atoms with Crippen molar-refractivity contribution >= 4 is 16.9 Å². The highest BCUT2D eigenvalue weighted by molar-refractivity contribution is 6.03. The summed E-state index contributed by atoms with van der Waals surface area (Å²) in [6.07, 6.45) is -4.43. The predicted octanol–water partition coefficient (Wildman–Crippen LogP) is 2.42. The number of benzene rings is 1. The van der Waals surface area contributed by atoms with Crippen molar-refractivity contribution in [1.82, 2.24) is 25.1 Å². The second kappa shape index (κ2) is 6.53. The van der Waals surface area contributed by atoms with Crippen LogP contribution in [0, 0.1) is 6.92 Å². The number of fused-ring (bicyclic) bond motifs is 1. The number of carbonyl (C=O) groups excluding carboxylic acids is 1. The standard InChI is InChI=1S/C17H16F3N5O2/c1-8(10-4-6-11(7-5-10)17(18,19)20)25-14-12(13(24-25)16(27)21-3)15(26)23-9(2)22-14/h4-8H,1-3H3,(H,21,27)(H,22,23,26)/t8-/m0/s1. The third-order valence-electron chi connectivity index (χ3n) is 4.21. The molecular weight excluding hydrogens is 363 g/mol. The van der Waals surface area contributed by atoms with Gasteiger partial charge >= 0.3 is 6.18 Å². The average molecular weight is 379 g/mol. The molecule has 0 saturated carbocycles. The number of nitrogens with one attached hydrogen (secondary N) is 2. The lowest BCUT2D eigenvalue weighted by molar-refractivity contribution is -0.137. The summed E-state index contributed by atoms with van der Waals surface area (Å²) in [5.41, 5.74) is -0.667. The molecule has 3 aromatic rings. The van der Waals surface area contributed by atoms with Crippen molar-refractivity contribution in [2.75, 3.05) is 7.05 Å². The van der Waals surface area contributed by atoms with Crippen LogP contribution in [0.4, 0.5) is 13.2 Å². The Kier molecular flexibility index (Phi) is 4.50. The summed E-state index contributed by atoms with van der Waals surface area (Å²) in [6, 6.07) is 4.06. The van der Waals surface area contributed by atoms with Gasteiger partial charge in [0.2, 0.25) is 0 Å². The van der Waals surface area contributed by atoms with Crippen molar-refractivity contribution in [3.63, 3.8) is 0 Å². The number of hydrogen-bond acceptors (Lipinski definition) is 4. The zero-order valence-electron chi connectivity index (χ0n) is 14.7. The molecule has 7 nitrogen and oxygen atoms in total. The van der Waals surface area contributed by atoms with Crippen LogP contribution < -0.4 is 10.9 Å². The SMILES string of the molecule is CNC(=O)c1nn([C@@H](C)c2ccc(C(F)(F)F)cc2)c2nc(C)[nH]c(=O)c12. The Morgan fingerprint density at radius 3 is 2.44 bits per heavy atom. The van der Waals surface area contributed by atoms with Crippen molar-refractivity contribution in [3.8, 4) is 0 Å². The summed E-state index contributed by atoms with van der Waals surface area (Å²) in [5, 5.41) is 6.65. The highest BCUT2D eigenvalue weighted by Crippen LogP contribution is 2.31. The van der Waals surface area contributed by atoms with E-state index in [0.29, 0.717) is 11.4 Å². The maximum Gasteiger partial charge on any atom is 0.416 e. The number of hydrogen-bond donors (Lipinski definition) is 2. The van der Waals surface area contributed by atoms with Crippen LogP contribution in [0.1, 0.15) is 40.4 Å². The number of amides is 1. The molecule has 0 saturated heterocycles. The fraction of sp³-hybridized carbons (Fsp3) is 0.294. The number of aryl methyl sites for hydroxylation is 1. The lowest BCUT2D eigenvalue weighted by Crippen LogP contribution is -2.21. The van der Waals surface area contributed by atoms with Gasteiger partial charge in [0.25, 0.3) is 11.5 Å². The topological polar surface area (TPSA) is 92.7 Å². The van der Waals surface area contributed by atoms with E-state index in [4.69, 9.17) is 0 Å². The largest absolute Gasteiger partial charge is 0.416 e. The zero-order chi connectivity index (χ0) is 19.9. The Labute approximate surface area is 151 Å². The van der Waals surface area contributed by atoms with Crippen molar-refractivity contribution in [2.45, 2.75) is 26.1 Å². The molecule has 0 aliphatic heterocycles. The molecule has 27 heavy (non-hydrogen) atoms. The lowest BCUT2D eigenvalue weighted by Gasteiger charge is -2.15. The lowest BCUT2D eigenvalue weighted by atomic mass is 10.1. The van der Waals surface area contributed by atoms with E-state index >= 15 is 0 Å². The van der Waals surface area contributed by atoms with Crippen molar-refractivity contribution in [3.05, 3.63) is 57.3 Å². The van der Waals surface area contributed by atoms with Crippen LogP contribution in [0.3, 0.4) is 0 Å². The number of rotatable bonds is 3. The monoisotopic (exact) mass is 379 g/mol. The van der Waals surface area contributed by atoms with Gasteiger partial charge < -0.3 is 10.3 Å². The first kappa shape index (κ1) is 18.6. The fourth-order valence-electron chi connectivity index (χ4n) is 2.79. The maximum absolute atomic E-state index is 12.8. The van der Waals surface area contributed by atoms with Gasteiger partial charge in [-0.05, 0) is 31.5 Å². The maximum atomic E-state index is 12.8. The van der Waals surface area contributed by atoms with E-state index < -0.39 is 29.2 Å². The van der Waals surface area contributed by atoms with Crippen LogP contribution in [0.25, 0.3) is 11.0 Å². The van der Waals surface area contributed by atoms with E-state index in [2.05, 4.69) is 20.4 Å².